The van der Waals surface area contributed by atoms with E-state index < -0.39 is 249 Å². The van der Waals surface area contributed by atoms with Crippen molar-refractivity contribution in [1.29, 1.82) is 0 Å². The van der Waals surface area contributed by atoms with E-state index in [0.29, 0.717) is 45.7 Å². The number of carbonyl (C=O) groups excluding carboxylic acids is 10. The minimum atomic E-state index is -2.00. The number of pyridine rings is 1. The minimum Gasteiger partial charge on any atom is -0.642 e. The van der Waals surface area contributed by atoms with Crippen LogP contribution in [0.1, 0.15) is 92.4 Å². The number of ketones is 1. The van der Waals surface area contributed by atoms with E-state index in [1.54, 1.807) is 73.3 Å². The number of aliphatic carboxylic acids is 1. The fourth-order valence-electron chi connectivity index (χ4n) is 11.7. The van der Waals surface area contributed by atoms with Gasteiger partial charge in [0, 0.05) is 75.5 Å². The number of nitrogens with one attached hydrogen (secondary N) is 9. The molecule has 47 nitrogen and oxygen atoms in total. The minimum absolute atomic E-state index is 0.0268. The van der Waals surface area contributed by atoms with Crippen LogP contribution in [0.5, 0.6) is 5.75 Å². The molecule has 1 aliphatic heterocycles. The Morgan fingerprint density at radius 2 is 0.906 bits per heavy atom. The number of aromatic hydroxyl groups is 1. The van der Waals surface area contributed by atoms with Crippen molar-refractivity contribution in [3.05, 3.63) is 149 Å². The van der Waals surface area contributed by atoms with Gasteiger partial charge in [0.15, 0.2) is 5.96 Å². The number of rotatable bonds is 45. The summed E-state index contributed by atoms with van der Waals surface area (Å²) in [5.74, 6) is -7.70. The van der Waals surface area contributed by atoms with Gasteiger partial charge in [-0.25, -0.2) is 0 Å². The number of aliphatic hydroxyl groups is 18. The molecule has 0 aliphatic carbocycles. The number of aromatic nitrogens is 1. The third-order valence-corrected chi connectivity index (χ3v) is 22.2. The molecule has 5 aromatic rings. The van der Waals surface area contributed by atoms with Crippen molar-refractivity contribution >= 4 is 101 Å². The van der Waals surface area contributed by atoms with Gasteiger partial charge in [0.1, 0.15) is 107 Å². The first-order chi connectivity index (χ1) is 60.7. The number of amides is 9. The van der Waals surface area contributed by atoms with E-state index in [4.69, 9.17) is 47.2 Å². The maximum absolute atomic E-state index is 13.9. The summed E-state index contributed by atoms with van der Waals surface area (Å²) in [4.78, 5) is 149. The number of nitrogens with two attached hydrogens (primary N) is 2. The Bertz CT molecular complexity index is 4240. The van der Waals surface area contributed by atoms with Crippen LogP contribution in [0.3, 0.4) is 0 Å². The summed E-state index contributed by atoms with van der Waals surface area (Å²) in [6.45, 7) is -5.47. The number of phenols is 1. The van der Waals surface area contributed by atoms with Crippen molar-refractivity contribution in [1.82, 2.24) is 56.2 Å². The van der Waals surface area contributed by atoms with Gasteiger partial charge in [0.2, 0.25) is 29.5 Å². The third kappa shape index (κ3) is 36.8. The van der Waals surface area contributed by atoms with Crippen molar-refractivity contribution in [3.63, 3.8) is 0 Å². The third-order valence-electron chi connectivity index (χ3n) is 19.3. The van der Waals surface area contributed by atoms with Crippen LogP contribution in [0.25, 0.3) is 5.32 Å². The number of hydrogen-bond donors (Lipinski definition) is 31. The van der Waals surface area contributed by atoms with Crippen LogP contribution in [0.4, 0.5) is 5.82 Å². The number of carbonyl (C=O) groups is 11. The normalized spacial score (nSPS) is 18.1. The molecule has 705 valence electrons. The van der Waals surface area contributed by atoms with Crippen molar-refractivity contribution < 1.29 is 174 Å². The van der Waals surface area contributed by atoms with E-state index in [2.05, 4.69) is 71.7 Å². The molecule has 6 rings (SSSR count). The molecule has 0 saturated carbocycles. The Labute approximate surface area is 743 Å². The second kappa shape index (κ2) is 56.6. The summed E-state index contributed by atoms with van der Waals surface area (Å²) >= 11 is 1.71. The molecule has 16 atom stereocenters. The number of unbranched alkanes of at least 4 members (excludes halogenated alkanes) is 1. The molecule has 0 radical (unpaired) electrons. The number of carboxylic acids is 1. The summed E-state index contributed by atoms with van der Waals surface area (Å²) in [6, 6.07) is 22.7. The van der Waals surface area contributed by atoms with Crippen LogP contribution in [-0.2, 0) is 58.7 Å². The average Bonchev–Trinajstić information content (AvgIpc) is 0.804. The Morgan fingerprint density at radius 3 is 1.30 bits per heavy atom. The fraction of sp³-hybridized carbons (Fsp3) is 0.481. The molecular formula is C79H112N16O31PTc+. The quantitative estimate of drug-likeness (QED) is 0.00430. The molecule has 0 bridgehead atoms. The topological polar surface area (TPSA) is 818 Å². The van der Waals surface area contributed by atoms with Gasteiger partial charge < -0.3 is 161 Å². The predicted octanol–water partition coefficient (Wildman–Crippen LogP) is -12.3. The van der Waals surface area contributed by atoms with Crippen LogP contribution >= 0.6 is 7.92 Å². The van der Waals surface area contributed by atoms with Crippen LogP contribution in [0.15, 0.2) is 125 Å². The molecule has 49 heteroatoms. The zero-order chi connectivity index (χ0) is 95.5. The van der Waals surface area contributed by atoms with E-state index in [0.717, 1.165) is 0 Å². The number of Topliss-reactive ketones (excluding diaryl/α,β-unsaturated/α-hetero) is 1. The number of hydrogen-bond acceptors (Lipinski definition) is 33. The van der Waals surface area contributed by atoms with E-state index in [-0.39, 0.29) is 73.1 Å². The molecule has 9 amide bonds. The molecule has 2 heterocycles. The predicted molar refractivity (Wildman–Crippen MR) is 449 cm³/mol. The van der Waals surface area contributed by atoms with Crippen molar-refractivity contribution in [2.45, 2.75) is 155 Å². The Morgan fingerprint density at radius 1 is 0.516 bits per heavy atom. The molecule has 0 spiro atoms. The molecule has 1 fully saturated rings. The number of phenolic OH excluding ortho intramolecular Hbond substituents is 1. The van der Waals surface area contributed by atoms with Gasteiger partial charge in [-0.15, -0.1) is 0 Å². The number of nitrogens with zero attached hydrogens (tertiary/aromatic N) is 5. The van der Waals surface area contributed by atoms with E-state index in [1.807, 2.05) is 0 Å². The van der Waals surface area contributed by atoms with Gasteiger partial charge in [-0.1, -0.05) is 17.7 Å². The summed E-state index contributed by atoms with van der Waals surface area (Å²) in [7, 11) is -2.00. The van der Waals surface area contributed by atoms with Gasteiger partial charge in [0.25, 0.3) is 23.7 Å². The van der Waals surface area contributed by atoms with Crippen molar-refractivity contribution in [2.75, 3.05) is 85.5 Å². The Hall–Kier alpha value is -10.7. The zero-order valence-electron chi connectivity index (χ0n) is 69.1. The number of aliphatic imine (C=N–C) groups is 1. The van der Waals surface area contributed by atoms with Crippen LogP contribution in [-0.4, -0.2) is 366 Å². The molecule has 33 N–H and O–H groups in total. The first-order valence-electron chi connectivity index (χ1n) is 39.5. The first-order valence-corrected chi connectivity index (χ1v) is 41.9. The molecule has 1 saturated heterocycles. The van der Waals surface area contributed by atoms with Crippen LogP contribution < -0.4 is 78.6 Å². The molecular weight excluding hydrogens is 1800 g/mol. The molecule has 1 aromatic heterocycles. The number of carboxylic acid groups (broad SMARTS) is 1. The van der Waals surface area contributed by atoms with Gasteiger partial charge >= 0.3 is 104 Å². The summed E-state index contributed by atoms with van der Waals surface area (Å²) < 4.78 is 3.61. The molecule has 4 aromatic carbocycles. The Kier molecular flexibility index (Phi) is 48.5. The van der Waals surface area contributed by atoms with Gasteiger partial charge in [0.05, 0.1) is 52.6 Å². The number of guanidine groups is 1. The first kappa shape index (κ1) is 110. The summed E-state index contributed by atoms with van der Waals surface area (Å²) in [5, 5.41) is 222. The summed E-state index contributed by atoms with van der Waals surface area (Å²) in [5.41, 5.74) is 10.6. The smallest absolute Gasteiger partial charge is 0.282 e. The van der Waals surface area contributed by atoms with E-state index in [9.17, 15) is 119 Å². The van der Waals surface area contributed by atoms with E-state index in [1.165, 1.54) is 67.7 Å². The van der Waals surface area contributed by atoms with E-state index >= 15 is 0 Å². The van der Waals surface area contributed by atoms with Gasteiger partial charge in [-0.2, -0.15) is 0 Å². The average molecular weight is 1910 g/mol. The number of aliphatic hydroxyl groups excluding tert-OH is 18. The fourth-order valence-corrected chi connectivity index (χ4v) is 14.4. The summed E-state index contributed by atoms with van der Waals surface area (Å²) in [6.07, 6.45) is -19.7. The molecule has 12 unspecified atom stereocenters. The molecule has 128 heavy (non-hydrogen) atoms. The monoisotopic (exact) mass is 1910 g/mol. The number of benzene rings is 4. The van der Waals surface area contributed by atoms with Crippen LogP contribution in [0, 0.1) is 0 Å². The van der Waals surface area contributed by atoms with Gasteiger partial charge in [-0.3, -0.25) is 52.9 Å². The standard InChI is InChI=1S/C39H54N3O18P.C34H45N12O8.C6H12NO5.Tc/c43-16-28(49)34(55)31(52)25(46)13-40-37(58)19-1-7-22(8-2-19)61(23-9-3-20(4-10-23)38(59)41-14-26(47)32(53)35(56)29(50)17-44)24-11-5-21(6-12-24)39(60)42-15-27(48)33(54)36(57)30(51)18-45;1-19(47)15-25-32(53)45-26(16-20-7-10-22(48)11-8-20)33(54)44-24(5-2-3-13-38-29(50)21-9-12-27(46-37)40-17-21)31(52)43-23(6-4-14-39-34(35)36)30(51)41-18-28(49)42-25;8-2-6(3-9,4-10)7-1-5(11)12;/h1-12,25-36,43-57H,13-18H2,(H,40,58)(H,41,59)(H,42,60);7-12,17,23-26,48H,2-6,13-16,18H2,1H3,(H,38,50)(H,41,51)(H,42,49)(H,43,52)(H,44,54)(H,45,53)(H4,35,36,39);8-10H,1-4H2,(H,11,12);/q;2*-1;+2/p+1/t;23-,24-,25-,26+;;/m.0../s1. The second-order valence-corrected chi connectivity index (χ2v) is 32.0. The van der Waals surface area contributed by atoms with Crippen molar-refractivity contribution in [3.8, 4) is 5.75 Å². The zero-order valence-corrected chi connectivity index (χ0v) is 71.9. The maximum Gasteiger partial charge on any atom is 0.282 e. The largest absolute Gasteiger partial charge is 0.642 e. The van der Waals surface area contributed by atoms with Gasteiger partial charge in [-0.05, 0) is 117 Å². The Balaban J connectivity index is 0.000000476. The molecule has 1 aliphatic rings. The second-order valence-electron chi connectivity index (χ2n) is 29.1. The maximum atomic E-state index is 13.9. The SMILES string of the molecule is CC(=O)C[C@@H]1NC(=O)CNC(=O)[C@H](CCCN=C(N)N)NC(=O)[C@H](CCCCNC(=O)c2ccc(N=[N+]=[Tc])nc2)NC(=O)[C@@H](Cc2ccc(O)cc2)NC1=O.O=C(NCC(O)C(O)C(O)C(O)CO)c1ccc([PH+](c2ccc(C(=O)NCC(O)C(O)C(O)C(O)CO)cc2)c2ccc(C(=O)NCC(O)C(O)C(O)C(O)CO)cc2)cc1.O=C(O)C[N-]C(CO)(CO)CO. The van der Waals surface area contributed by atoms with Crippen LogP contribution in [0.2, 0.25) is 0 Å². The van der Waals surface area contributed by atoms with Crippen molar-refractivity contribution in [2.24, 2.45) is 21.6 Å².